The molecule has 0 saturated carbocycles. The zero-order valence-corrected chi connectivity index (χ0v) is 15.0. The highest BCUT2D eigenvalue weighted by atomic mass is 19.1. The molecule has 1 aromatic carbocycles. The number of hydrogen-bond acceptors (Lipinski definition) is 4. The van der Waals surface area contributed by atoms with Gasteiger partial charge in [0, 0.05) is 51.6 Å². The van der Waals surface area contributed by atoms with Crippen molar-refractivity contribution < 1.29 is 14.0 Å². The zero-order valence-electron chi connectivity index (χ0n) is 15.0. The number of halogens is 1. The fraction of sp³-hybridized carbons (Fsp3) is 0.444. The summed E-state index contributed by atoms with van der Waals surface area (Å²) in [4.78, 5) is 28.3. The largest absolute Gasteiger partial charge is 0.339 e. The van der Waals surface area contributed by atoms with Gasteiger partial charge in [-0.05, 0) is 31.2 Å². The van der Waals surface area contributed by atoms with E-state index in [-0.39, 0.29) is 17.6 Å². The summed E-state index contributed by atoms with van der Waals surface area (Å²) in [5, 5.41) is 8.06. The molecule has 1 aromatic heterocycles. The number of piperazine rings is 1. The van der Waals surface area contributed by atoms with Crippen LogP contribution in [0.3, 0.4) is 0 Å². The summed E-state index contributed by atoms with van der Waals surface area (Å²) < 4.78 is 14.9. The predicted octanol–water partition coefficient (Wildman–Crippen LogP) is 1.18. The van der Waals surface area contributed by atoms with E-state index in [4.69, 9.17) is 0 Å². The van der Waals surface area contributed by atoms with E-state index in [1.165, 1.54) is 24.3 Å². The molecule has 2 aromatic rings. The van der Waals surface area contributed by atoms with E-state index in [0.717, 1.165) is 11.6 Å². The maximum absolute atomic E-state index is 13.0. The minimum Gasteiger partial charge on any atom is -0.339 e. The van der Waals surface area contributed by atoms with Gasteiger partial charge in [0.1, 0.15) is 17.5 Å². The first-order chi connectivity index (χ1) is 12.5. The lowest BCUT2D eigenvalue weighted by Gasteiger charge is -2.35. The highest BCUT2D eigenvalue weighted by Crippen LogP contribution is 2.11. The van der Waals surface area contributed by atoms with Crippen molar-refractivity contribution in [3.8, 4) is 0 Å². The number of nitrogens with zero attached hydrogens (tertiary/aromatic N) is 5. The first-order valence-electron chi connectivity index (χ1n) is 8.63. The van der Waals surface area contributed by atoms with Gasteiger partial charge in [0.2, 0.25) is 5.91 Å². The summed E-state index contributed by atoms with van der Waals surface area (Å²) in [7, 11) is 1.88. The molecule has 0 N–H and O–H groups in total. The van der Waals surface area contributed by atoms with E-state index in [1.807, 2.05) is 18.5 Å². The van der Waals surface area contributed by atoms with Crippen LogP contribution in [-0.4, -0.2) is 62.6 Å². The van der Waals surface area contributed by atoms with Crippen LogP contribution in [0.5, 0.6) is 0 Å². The first-order valence-corrected chi connectivity index (χ1v) is 8.63. The minimum absolute atomic E-state index is 0.0551. The Balaban J connectivity index is 1.49. The third-order valence-corrected chi connectivity index (χ3v) is 4.76. The molecule has 2 heterocycles. The number of carbonyl (C=O) groups excluding carboxylic acids is 2. The molecule has 1 fully saturated rings. The molecule has 2 amide bonds. The van der Waals surface area contributed by atoms with Crippen molar-refractivity contribution in [2.45, 2.75) is 19.8 Å². The van der Waals surface area contributed by atoms with Crippen molar-refractivity contribution in [3.63, 3.8) is 0 Å². The number of hydrogen-bond donors (Lipinski definition) is 0. The van der Waals surface area contributed by atoms with Gasteiger partial charge in [-0.15, -0.1) is 10.2 Å². The van der Waals surface area contributed by atoms with Crippen LogP contribution in [0.25, 0.3) is 0 Å². The molecular weight excluding hydrogens is 337 g/mol. The molecule has 1 aliphatic rings. The molecule has 0 unspecified atom stereocenters. The fourth-order valence-corrected chi connectivity index (χ4v) is 2.98. The SMILES string of the molecule is Cc1nnc(CCC(=O)N2CCN(C(=O)c3ccc(F)cc3)CC2)n1C. The van der Waals surface area contributed by atoms with Crippen LogP contribution in [-0.2, 0) is 18.3 Å². The Morgan fingerprint density at radius 1 is 1.04 bits per heavy atom. The fourth-order valence-electron chi connectivity index (χ4n) is 2.98. The van der Waals surface area contributed by atoms with Gasteiger partial charge in [-0.25, -0.2) is 4.39 Å². The van der Waals surface area contributed by atoms with Crippen molar-refractivity contribution >= 4 is 11.8 Å². The maximum Gasteiger partial charge on any atom is 0.253 e. The lowest BCUT2D eigenvalue weighted by atomic mass is 10.1. The van der Waals surface area contributed by atoms with Gasteiger partial charge < -0.3 is 14.4 Å². The summed E-state index contributed by atoms with van der Waals surface area (Å²) in [6, 6.07) is 5.53. The standard InChI is InChI=1S/C18H22FN5O2/c1-13-20-21-16(22(13)2)7-8-17(25)23-9-11-24(12-10-23)18(26)14-3-5-15(19)6-4-14/h3-6H,7-12H2,1-2H3. The summed E-state index contributed by atoms with van der Waals surface area (Å²) >= 11 is 0. The smallest absolute Gasteiger partial charge is 0.253 e. The molecule has 7 nitrogen and oxygen atoms in total. The molecule has 0 bridgehead atoms. The predicted molar refractivity (Wildman–Crippen MR) is 92.9 cm³/mol. The quantitative estimate of drug-likeness (QED) is 0.822. The summed E-state index contributed by atoms with van der Waals surface area (Å²) in [5.74, 6) is 1.17. The molecule has 0 spiro atoms. The van der Waals surface area contributed by atoms with Crippen LogP contribution in [0.4, 0.5) is 4.39 Å². The molecule has 1 saturated heterocycles. The number of benzene rings is 1. The average Bonchev–Trinajstić information content (AvgIpc) is 2.98. The van der Waals surface area contributed by atoms with Gasteiger partial charge in [-0.3, -0.25) is 9.59 Å². The Morgan fingerprint density at radius 2 is 1.65 bits per heavy atom. The van der Waals surface area contributed by atoms with Crippen LogP contribution in [0, 0.1) is 12.7 Å². The van der Waals surface area contributed by atoms with Crippen LogP contribution in [0.15, 0.2) is 24.3 Å². The van der Waals surface area contributed by atoms with Crippen LogP contribution < -0.4 is 0 Å². The summed E-state index contributed by atoms with van der Waals surface area (Å²) in [6.07, 6.45) is 0.919. The lowest BCUT2D eigenvalue weighted by Crippen LogP contribution is -2.50. The van der Waals surface area contributed by atoms with E-state index in [0.29, 0.717) is 44.6 Å². The first kappa shape index (κ1) is 18.0. The zero-order chi connectivity index (χ0) is 18.7. The molecule has 138 valence electrons. The Kier molecular flexibility index (Phi) is 5.29. The number of aryl methyl sites for hydroxylation is 2. The maximum atomic E-state index is 13.0. The topological polar surface area (TPSA) is 71.3 Å². The van der Waals surface area contributed by atoms with Crippen molar-refractivity contribution in [2.24, 2.45) is 7.05 Å². The summed E-state index contributed by atoms with van der Waals surface area (Å²) in [6.45, 7) is 3.83. The molecule has 0 atom stereocenters. The number of amides is 2. The third-order valence-electron chi connectivity index (χ3n) is 4.76. The third kappa shape index (κ3) is 3.89. The van der Waals surface area contributed by atoms with E-state index < -0.39 is 0 Å². The molecular formula is C18H22FN5O2. The normalized spacial score (nSPS) is 14.6. The van der Waals surface area contributed by atoms with Gasteiger partial charge >= 0.3 is 0 Å². The van der Waals surface area contributed by atoms with E-state index in [1.54, 1.807) is 9.80 Å². The average molecular weight is 359 g/mol. The molecule has 0 aliphatic carbocycles. The molecule has 1 aliphatic heterocycles. The molecule has 3 rings (SSSR count). The highest BCUT2D eigenvalue weighted by molar-refractivity contribution is 5.94. The lowest BCUT2D eigenvalue weighted by molar-refractivity contribution is -0.132. The Morgan fingerprint density at radius 3 is 2.23 bits per heavy atom. The Hall–Kier alpha value is -2.77. The van der Waals surface area contributed by atoms with E-state index in [2.05, 4.69) is 10.2 Å². The highest BCUT2D eigenvalue weighted by Gasteiger charge is 2.25. The van der Waals surface area contributed by atoms with Gasteiger partial charge in [0.05, 0.1) is 0 Å². The van der Waals surface area contributed by atoms with Crippen LogP contribution in [0.1, 0.15) is 28.4 Å². The molecule has 0 radical (unpaired) electrons. The minimum atomic E-state index is -0.366. The summed E-state index contributed by atoms with van der Waals surface area (Å²) in [5.41, 5.74) is 0.462. The van der Waals surface area contributed by atoms with Crippen molar-refractivity contribution in [2.75, 3.05) is 26.2 Å². The number of carbonyl (C=O) groups is 2. The Labute approximate surface area is 151 Å². The van der Waals surface area contributed by atoms with Gasteiger partial charge in [0.25, 0.3) is 5.91 Å². The van der Waals surface area contributed by atoms with Crippen molar-refractivity contribution in [1.29, 1.82) is 0 Å². The molecule has 8 heteroatoms. The Bertz CT molecular complexity index is 794. The van der Waals surface area contributed by atoms with Gasteiger partial charge in [0.15, 0.2) is 0 Å². The van der Waals surface area contributed by atoms with Crippen LogP contribution in [0.2, 0.25) is 0 Å². The number of rotatable bonds is 4. The van der Waals surface area contributed by atoms with Crippen molar-refractivity contribution in [1.82, 2.24) is 24.6 Å². The monoisotopic (exact) mass is 359 g/mol. The van der Waals surface area contributed by atoms with Crippen LogP contribution >= 0.6 is 0 Å². The number of aromatic nitrogens is 3. The van der Waals surface area contributed by atoms with Crippen molar-refractivity contribution in [3.05, 3.63) is 47.3 Å². The second-order valence-corrected chi connectivity index (χ2v) is 6.40. The second kappa shape index (κ2) is 7.63. The second-order valence-electron chi connectivity index (χ2n) is 6.40. The molecule has 26 heavy (non-hydrogen) atoms. The van der Waals surface area contributed by atoms with Gasteiger partial charge in [-0.2, -0.15) is 0 Å². The van der Waals surface area contributed by atoms with E-state index in [9.17, 15) is 14.0 Å². The van der Waals surface area contributed by atoms with E-state index >= 15 is 0 Å². The van der Waals surface area contributed by atoms with Gasteiger partial charge in [-0.1, -0.05) is 0 Å².